The number of nitrogens with one attached hydrogen (secondary N) is 2. The summed E-state index contributed by atoms with van der Waals surface area (Å²) in [5, 5.41) is 6.17. The van der Waals surface area contributed by atoms with Crippen LogP contribution < -0.4 is 10.6 Å². The van der Waals surface area contributed by atoms with E-state index in [0.717, 1.165) is 19.3 Å². The van der Waals surface area contributed by atoms with Gasteiger partial charge in [0.25, 0.3) is 0 Å². The van der Waals surface area contributed by atoms with E-state index in [9.17, 15) is 4.79 Å². The highest BCUT2D eigenvalue weighted by Gasteiger charge is 2.11. The average Bonchev–Trinajstić information content (AvgIpc) is 2.67. The molecule has 0 bridgehead atoms. The average molecular weight is 196 g/mol. The molecule has 1 aliphatic rings. The molecule has 3 heteroatoms. The van der Waals surface area contributed by atoms with Gasteiger partial charge >= 0.3 is 0 Å². The highest BCUT2D eigenvalue weighted by atomic mass is 16.1. The Morgan fingerprint density at radius 2 is 2.14 bits per heavy atom. The number of carbonyl (C=O) groups excluding carboxylic acids is 1. The standard InChI is InChI=1S/C11H20N2O/c1-3-9(2)13-11(14)8-12-10-6-4-5-7-10/h4-5,9-10,12H,3,6-8H2,1-2H3,(H,13,14). The van der Waals surface area contributed by atoms with Crippen molar-refractivity contribution in [1.82, 2.24) is 10.6 Å². The Balaban J connectivity index is 2.08. The second-order valence-corrected chi connectivity index (χ2v) is 3.90. The van der Waals surface area contributed by atoms with Crippen molar-refractivity contribution in [2.24, 2.45) is 0 Å². The first-order valence-corrected chi connectivity index (χ1v) is 5.40. The molecule has 0 spiro atoms. The maximum atomic E-state index is 11.4. The third kappa shape index (κ3) is 3.92. The van der Waals surface area contributed by atoms with Crippen LogP contribution in [0.1, 0.15) is 33.1 Å². The lowest BCUT2D eigenvalue weighted by Crippen LogP contribution is -2.41. The summed E-state index contributed by atoms with van der Waals surface area (Å²) in [7, 11) is 0. The second kappa shape index (κ2) is 5.81. The van der Waals surface area contributed by atoms with E-state index in [4.69, 9.17) is 0 Å². The highest BCUT2D eigenvalue weighted by molar-refractivity contribution is 5.78. The van der Waals surface area contributed by atoms with Crippen molar-refractivity contribution in [2.75, 3.05) is 6.54 Å². The molecule has 0 radical (unpaired) electrons. The second-order valence-electron chi connectivity index (χ2n) is 3.90. The van der Waals surface area contributed by atoms with E-state index < -0.39 is 0 Å². The molecule has 0 aromatic rings. The number of rotatable bonds is 5. The molecule has 0 heterocycles. The van der Waals surface area contributed by atoms with E-state index in [1.165, 1.54) is 0 Å². The molecule has 2 N–H and O–H groups in total. The molecule has 1 aliphatic carbocycles. The van der Waals surface area contributed by atoms with Crippen LogP contribution in [0, 0.1) is 0 Å². The zero-order chi connectivity index (χ0) is 10.4. The lowest BCUT2D eigenvalue weighted by Gasteiger charge is -2.14. The van der Waals surface area contributed by atoms with Gasteiger partial charge in [-0.2, -0.15) is 0 Å². The fourth-order valence-electron chi connectivity index (χ4n) is 1.45. The van der Waals surface area contributed by atoms with Gasteiger partial charge in [-0.25, -0.2) is 0 Å². The largest absolute Gasteiger partial charge is 0.353 e. The van der Waals surface area contributed by atoms with Crippen LogP contribution in [0.5, 0.6) is 0 Å². The first kappa shape index (κ1) is 11.2. The van der Waals surface area contributed by atoms with Gasteiger partial charge in [-0.05, 0) is 26.2 Å². The number of hydrogen-bond donors (Lipinski definition) is 2. The predicted octanol–water partition coefficient (Wildman–Crippen LogP) is 1.21. The minimum Gasteiger partial charge on any atom is -0.353 e. The monoisotopic (exact) mass is 196 g/mol. The zero-order valence-corrected chi connectivity index (χ0v) is 9.05. The van der Waals surface area contributed by atoms with E-state index in [-0.39, 0.29) is 11.9 Å². The Hall–Kier alpha value is -0.830. The zero-order valence-electron chi connectivity index (χ0n) is 9.05. The normalized spacial score (nSPS) is 18.4. The van der Waals surface area contributed by atoms with Gasteiger partial charge in [0.15, 0.2) is 0 Å². The molecular weight excluding hydrogens is 176 g/mol. The number of hydrogen-bond acceptors (Lipinski definition) is 2. The first-order chi connectivity index (χ1) is 6.72. The van der Waals surface area contributed by atoms with Crippen LogP contribution in [0.4, 0.5) is 0 Å². The van der Waals surface area contributed by atoms with Crippen molar-refractivity contribution < 1.29 is 4.79 Å². The topological polar surface area (TPSA) is 41.1 Å². The fourth-order valence-corrected chi connectivity index (χ4v) is 1.45. The van der Waals surface area contributed by atoms with Crippen molar-refractivity contribution in [3.05, 3.63) is 12.2 Å². The van der Waals surface area contributed by atoms with Crippen LogP contribution >= 0.6 is 0 Å². The van der Waals surface area contributed by atoms with E-state index in [0.29, 0.717) is 12.6 Å². The third-order valence-electron chi connectivity index (χ3n) is 2.58. The predicted molar refractivity (Wildman–Crippen MR) is 58.1 cm³/mol. The molecule has 0 aromatic carbocycles. The van der Waals surface area contributed by atoms with Crippen LogP contribution in [0.2, 0.25) is 0 Å². The Labute approximate surface area is 86.0 Å². The Morgan fingerprint density at radius 1 is 1.50 bits per heavy atom. The van der Waals surface area contributed by atoms with Crippen molar-refractivity contribution in [2.45, 2.75) is 45.2 Å². The molecule has 1 rings (SSSR count). The Kier molecular flexibility index (Phi) is 4.66. The van der Waals surface area contributed by atoms with Gasteiger partial charge in [0.1, 0.15) is 0 Å². The van der Waals surface area contributed by atoms with Gasteiger partial charge in [-0.3, -0.25) is 4.79 Å². The molecule has 1 unspecified atom stereocenters. The summed E-state index contributed by atoms with van der Waals surface area (Å²) in [6.07, 6.45) is 7.40. The lowest BCUT2D eigenvalue weighted by molar-refractivity contribution is -0.120. The summed E-state index contributed by atoms with van der Waals surface area (Å²) >= 11 is 0. The number of amides is 1. The van der Waals surface area contributed by atoms with Gasteiger partial charge in [0.05, 0.1) is 6.54 Å². The quantitative estimate of drug-likeness (QED) is 0.649. The number of carbonyl (C=O) groups is 1. The van der Waals surface area contributed by atoms with Crippen molar-refractivity contribution in [3.8, 4) is 0 Å². The van der Waals surface area contributed by atoms with Crippen LogP contribution in [0.25, 0.3) is 0 Å². The van der Waals surface area contributed by atoms with Crippen LogP contribution in [-0.2, 0) is 4.79 Å². The van der Waals surface area contributed by atoms with E-state index in [2.05, 4.69) is 29.7 Å². The van der Waals surface area contributed by atoms with Crippen LogP contribution in [0.15, 0.2) is 12.2 Å². The minimum absolute atomic E-state index is 0.103. The summed E-state index contributed by atoms with van der Waals surface area (Å²) < 4.78 is 0. The molecule has 1 amide bonds. The van der Waals surface area contributed by atoms with Crippen LogP contribution in [0.3, 0.4) is 0 Å². The van der Waals surface area contributed by atoms with Crippen molar-refractivity contribution in [3.63, 3.8) is 0 Å². The Bertz CT molecular complexity index is 205. The molecule has 1 atom stereocenters. The summed E-state index contributed by atoms with van der Waals surface area (Å²) in [4.78, 5) is 11.4. The van der Waals surface area contributed by atoms with E-state index in [1.807, 2.05) is 6.92 Å². The maximum absolute atomic E-state index is 11.4. The molecule has 80 valence electrons. The summed E-state index contributed by atoms with van der Waals surface area (Å²) in [5.74, 6) is 0.103. The van der Waals surface area contributed by atoms with Crippen molar-refractivity contribution >= 4 is 5.91 Å². The first-order valence-electron chi connectivity index (χ1n) is 5.40. The molecule has 0 aromatic heterocycles. The molecule has 0 aliphatic heterocycles. The maximum Gasteiger partial charge on any atom is 0.234 e. The van der Waals surface area contributed by atoms with Gasteiger partial charge in [0, 0.05) is 12.1 Å². The summed E-state index contributed by atoms with van der Waals surface area (Å²) in [6, 6.07) is 0.753. The van der Waals surface area contributed by atoms with Gasteiger partial charge in [-0.15, -0.1) is 0 Å². The molecule has 0 saturated heterocycles. The molecule has 14 heavy (non-hydrogen) atoms. The summed E-state index contributed by atoms with van der Waals surface area (Å²) in [5.41, 5.74) is 0. The lowest BCUT2D eigenvalue weighted by atomic mass is 10.2. The van der Waals surface area contributed by atoms with Crippen LogP contribution in [-0.4, -0.2) is 24.5 Å². The summed E-state index contributed by atoms with van der Waals surface area (Å²) in [6.45, 7) is 4.53. The Morgan fingerprint density at radius 3 is 2.71 bits per heavy atom. The molecule has 3 nitrogen and oxygen atoms in total. The molecule has 0 fully saturated rings. The smallest absolute Gasteiger partial charge is 0.234 e. The SMILES string of the molecule is CCC(C)NC(=O)CNC1CC=CC1. The van der Waals surface area contributed by atoms with Gasteiger partial charge in [0.2, 0.25) is 5.91 Å². The van der Waals surface area contributed by atoms with E-state index in [1.54, 1.807) is 0 Å². The third-order valence-corrected chi connectivity index (χ3v) is 2.58. The molecular formula is C11H20N2O. The van der Waals surface area contributed by atoms with Gasteiger partial charge < -0.3 is 10.6 Å². The molecule has 0 saturated carbocycles. The van der Waals surface area contributed by atoms with E-state index >= 15 is 0 Å². The van der Waals surface area contributed by atoms with Crippen molar-refractivity contribution in [1.29, 1.82) is 0 Å². The highest BCUT2D eigenvalue weighted by Crippen LogP contribution is 2.08. The fraction of sp³-hybridized carbons (Fsp3) is 0.727. The van der Waals surface area contributed by atoms with Gasteiger partial charge in [-0.1, -0.05) is 19.1 Å². The minimum atomic E-state index is 0.103.